The molecule has 0 saturated carbocycles. The topological polar surface area (TPSA) is 69.6 Å². The van der Waals surface area contributed by atoms with Crippen LogP contribution in [0.5, 0.6) is 0 Å². The first kappa shape index (κ1) is 17.5. The van der Waals surface area contributed by atoms with Gasteiger partial charge in [0.2, 0.25) is 5.91 Å². The van der Waals surface area contributed by atoms with Gasteiger partial charge in [-0.1, -0.05) is 19.1 Å². The van der Waals surface area contributed by atoms with Crippen LogP contribution in [0.25, 0.3) is 0 Å². The zero-order valence-corrected chi connectivity index (χ0v) is 13.4. The first-order valence-electron chi connectivity index (χ1n) is 6.89. The summed E-state index contributed by atoms with van der Waals surface area (Å²) < 4.78 is 0. The van der Waals surface area contributed by atoms with Crippen LogP contribution < -0.4 is 5.32 Å². The van der Waals surface area contributed by atoms with Gasteiger partial charge in [0.05, 0.1) is 18.3 Å². The van der Waals surface area contributed by atoms with E-state index in [0.717, 1.165) is 17.0 Å². The Morgan fingerprint density at radius 2 is 2.05 bits per heavy atom. The van der Waals surface area contributed by atoms with Crippen LogP contribution in [0.15, 0.2) is 29.2 Å². The highest BCUT2D eigenvalue weighted by Crippen LogP contribution is 2.24. The van der Waals surface area contributed by atoms with Crippen LogP contribution >= 0.6 is 11.8 Å². The van der Waals surface area contributed by atoms with E-state index in [1.807, 2.05) is 37.4 Å². The van der Waals surface area contributed by atoms with Gasteiger partial charge in [0.1, 0.15) is 0 Å². The Morgan fingerprint density at radius 3 is 2.62 bits per heavy atom. The third kappa shape index (κ3) is 5.40. The highest BCUT2D eigenvalue weighted by molar-refractivity contribution is 7.98. The molecule has 1 amide bonds. The number of para-hydroxylation sites is 1. The van der Waals surface area contributed by atoms with Crippen molar-refractivity contribution in [1.82, 2.24) is 4.90 Å². The number of nitrogens with zero attached hydrogens (tertiary/aromatic N) is 1. The van der Waals surface area contributed by atoms with Crippen LogP contribution in [-0.2, 0) is 9.59 Å². The molecule has 0 bridgehead atoms. The summed E-state index contributed by atoms with van der Waals surface area (Å²) in [7, 11) is 0. The van der Waals surface area contributed by atoms with Crippen LogP contribution in [-0.4, -0.2) is 47.3 Å². The highest BCUT2D eigenvalue weighted by atomic mass is 32.2. The molecule has 1 aromatic rings. The fourth-order valence-corrected chi connectivity index (χ4v) is 2.58. The number of carbonyl (C=O) groups is 2. The first-order chi connectivity index (χ1) is 9.99. The average Bonchev–Trinajstić information content (AvgIpc) is 2.46. The van der Waals surface area contributed by atoms with E-state index in [1.165, 1.54) is 0 Å². The number of aliphatic carboxylic acids is 1. The molecule has 116 valence electrons. The normalized spacial score (nSPS) is 12.2. The molecule has 0 spiro atoms. The van der Waals surface area contributed by atoms with E-state index in [2.05, 4.69) is 5.32 Å². The Balaban J connectivity index is 2.78. The summed E-state index contributed by atoms with van der Waals surface area (Å²) >= 11 is 1.56. The van der Waals surface area contributed by atoms with E-state index in [0.29, 0.717) is 6.54 Å². The summed E-state index contributed by atoms with van der Waals surface area (Å²) in [5, 5.41) is 11.8. The molecule has 1 atom stereocenters. The number of rotatable bonds is 8. The maximum atomic E-state index is 12.3. The lowest BCUT2D eigenvalue weighted by atomic mass is 10.2. The van der Waals surface area contributed by atoms with Crippen molar-refractivity contribution in [3.05, 3.63) is 24.3 Å². The number of amides is 1. The molecule has 0 radical (unpaired) electrons. The van der Waals surface area contributed by atoms with E-state index < -0.39 is 12.0 Å². The van der Waals surface area contributed by atoms with Crippen LogP contribution in [0.1, 0.15) is 20.3 Å². The Kier molecular flexibility index (Phi) is 7.25. The molecule has 0 saturated heterocycles. The Morgan fingerprint density at radius 1 is 1.38 bits per heavy atom. The summed E-state index contributed by atoms with van der Waals surface area (Å²) in [4.78, 5) is 25.9. The highest BCUT2D eigenvalue weighted by Gasteiger charge is 2.23. The van der Waals surface area contributed by atoms with Gasteiger partial charge in [-0.2, -0.15) is 0 Å². The van der Waals surface area contributed by atoms with Crippen LogP contribution in [0.2, 0.25) is 0 Å². The molecule has 0 aliphatic rings. The van der Waals surface area contributed by atoms with Crippen molar-refractivity contribution in [2.45, 2.75) is 31.2 Å². The average molecular weight is 310 g/mol. The summed E-state index contributed by atoms with van der Waals surface area (Å²) in [5.41, 5.74) is 0.758. The minimum absolute atomic E-state index is 0.132. The molecule has 0 aliphatic heterocycles. The monoisotopic (exact) mass is 310 g/mol. The van der Waals surface area contributed by atoms with Crippen molar-refractivity contribution in [3.63, 3.8) is 0 Å². The number of benzene rings is 1. The number of carboxylic acid groups (broad SMARTS) is 1. The molecule has 2 N–H and O–H groups in total. The molecule has 0 heterocycles. The van der Waals surface area contributed by atoms with E-state index in [4.69, 9.17) is 5.11 Å². The van der Waals surface area contributed by atoms with Crippen molar-refractivity contribution in [2.24, 2.45) is 0 Å². The lowest BCUT2D eigenvalue weighted by Crippen LogP contribution is -2.45. The van der Waals surface area contributed by atoms with E-state index in [1.54, 1.807) is 23.6 Å². The standard InChI is InChI=1S/C15H22N2O3S/c1-4-9-17(10-14(18)19)11(2)15(20)16-12-7-5-6-8-13(12)21-3/h5-8,11H,4,9-10H2,1-3H3,(H,16,20)(H,18,19). The van der Waals surface area contributed by atoms with Gasteiger partial charge in [-0.25, -0.2) is 0 Å². The fraction of sp³-hybridized carbons (Fsp3) is 0.467. The number of hydrogen-bond donors (Lipinski definition) is 2. The van der Waals surface area contributed by atoms with Gasteiger partial charge in [-0.3, -0.25) is 14.5 Å². The molecular weight excluding hydrogens is 288 g/mol. The zero-order valence-electron chi connectivity index (χ0n) is 12.6. The third-order valence-electron chi connectivity index (χ3n) is 3.14. The van der Waals surface area contributed by atoms with Gasteiger partial charge >= 0.3 is 5.97 Å². The Hall–Kier alpha value is -1.53. The predicted molar refractivity (Wildman–Crippen MR) is 85.8 cm³/mol. The van der Waals surface area contributed by atoms with Crippen molar-refractivity contribution in [1.29, 1.82) is 0 Å². The number of hydrogen-bond acceptors (Lipinski definition) is 4. The van der Waals surface area contributed by atoms with Gasteiger partial charge in [-0.05, 0) is 38.3 Å². The van der Waals surface area contributed by atoms with Crippen LogP contribution in [0, 0.1) is 0 Å². The second-order valence-electron chi connectivity index (χ2n) is 4.73. The molecule has 1 unspecified atom stereocenters. The molecule has 0 fully saturated rings. The number of nitrogens with one attached hydrogen (secondary N) is 1. The summed E-state index contributed by atoms with van der Waals surface area (Å²) in [6, 6.07) is 7.07. The van der Waals surface area contributed by atoms with Gasteiger partial charge in [0, 0.05) is 4.90 Å². The SMILES string of the molecule is CCCN(CC(=O)O)C(C)C(=O)Nc1ccccc1SC. The van der Waals surface area contributed by atoms with Gasteiger partial charge in [-0.15, -0.1) is 11.8 Å². The number of anilines is 1. The minimum atomic E-state index is -0.924. The number of thioether (sulfide) groups is 1. The number of carboxylic acids is 1. The molecule has 1 rings (SSSR count). The maximum absolute atomic E-state index is 12.3. The molecule has 0 aliphatic carbocycles. The Bertz CT molecular complexity index is 494. The van der Waals surface area contributed by atoms with Crippen molar-refractivity contribution < 1.29 is 14.7 Å². The summed E-state index contributed by atoms with van der Waals surface area (Å²) in [6.07, 6.45) is 2.74. The zero-order chi connectivity index (χ0) is 15.8. The predicted octanol–water partition coefficient (Wildman–Crippen LogP) is 2.53. The second kappa shape index (κ2) is 8.69. The van der Waals surface area contributed by atoms with Crippen molar-refractivity contribution in [3.8, 4) is 0 Å². The minimum Gasteiger partial charge on any atom is -0.480 e. The fourth-order valence-electron chi connectivity index (χ4n) is 2.02. The quantitative estimate of drug-likeness (QED) is 0.722. The summed E-state index contributed by atoms with van der Waals surface area (Å²) in [5.74, 6) is -1.11. The van der Waals surface area contributed by atoms with E-state index in [-0.39, 0.29) is 12.5 Å². The van der Waals surface area contributed by atoms with Gasteiger partial charge in [0.25, 0.3) is 0 Å². The van der Waals surface area contributed by atoms with Gasteiger partial charge in [0.15, 0.2) is 0 Å². The summed E-state index contributed by atoms with van der Waals surface area (Å²) in [6.45, 7) is 4.13. The van der Waals surface area contributed by atoms with E-state index >= 15 is 0 Å². The van der Waals surface area contributed by atoms with Crippen molar-refractivity contribution in [2.75, 3.05) is 24.7 Å². The molecule has 6 heteroatoms. The van der Waals surface area contributed by atoms with Crippen LogP contribution in [0.4, 0.5) is 5.69 Å². The van der Waals surface area contributed by atoms with Gasteiger partial charge < -0.3 is 10.4 Å². The first-order valence-corrected chi connectivity index (χ1v) is 8.11. The molecular formula is C15H22N2O3S. The molecule has 5 nitrogen and oxygen atoms in total. The van der Waals surface area contributed by atoms with Crippen LogP contribution in [0.3, 0.4) is 0 Å². The molecule has 21 heavy (non-hydrogen) atoms. The third-order valence-corrected chi connectivity index (χ3v) is 3.94. The lowest BCUT2D eigenvalue weighted by molar-refractivity contribution is -0.139. The smallest absolute Gasteiger partial charge is 0.317 e. The maximum Gasteiger partial charge on any atom is 0.317 e. The molecule has 1 aromatic carbocycles. The van der Waals surface area contributed by atoms with Crippen molar-refractivity contribution >= 4 is 29.3 Å². The lowest BCUT2D eigenvalue weighted by Gasteiger charge is -2.26. The number of carbonyl (C=O) groups excluding carboxylic acids is 1. The largest absolute Gasteiger partial charge is 0.480 e. The molecule has 0 aromatic heterocycles. The van der Waals surface area contributed by atoms with E-state index in [9.17, 15) is 9.59 Å². The Labute approximate surface area is 129 Å². The second-order valence-corrected chi connectivity index (χ2v) is 5.58.